The Balaban J connectivity index is 3.25. The largest absolute Gasteiger partial charge is 0.167 e. The smallest absolute Gasteiger partial charge is 0.137 e. The van der Waals surface area contributed by atoms with Gasteiger partial charge in [-0.2, -0.15) is 0 Å². The summed E-state index contributed by atoms with van der Waals surface area (Å²) in [5.41, 5.74) is 0.460. The average Bonchev–Trinajstić information content (AvgIpc) is 1.94. The first kappa shape index (κ1) is 7.33. The van der Waals surface area contributed by atoms with E-state index in [9.17, 15) is 0 Å². The first-order valence-electron chi connectivity index (χ1n) is 2.39. The lowest BCUT2D eigenvalue weighted by molar-refractivity contribution is 1.03. The molecule has 2 nitrogen and oxygen atoms in total. The molecule has 0 atom stereocenters. The van der Waals surface area contributed by atoms with Crippen LogP contribution in [0, 0.1) is 12.3 Å². The lowest BCUT2D eigenvalue weighted by atomic mass is 10.3. The van der Waals surface area contributed by atoms with E-state index < -0.39 is 0 Å². The molecule has 1 aromatic heterocycles. The molecule has 0 aliphatic carbocycles. The molecule has 0 spiro atoms. The quantitative estimate of drug-likeness (QED) is 0.558. The molecular weight excluding hydrogens is 171 g/mol. The second-order valence-electron chi connectivity index (χ2n) is 1.52. The van der Waals surface area contributed by atoms with Crippen molar-refractivity contribution in [3.8, 4) is 12.3 Å². The van der Waals surface area contributed by atoms with Gasteiger partial charge in [0.15, 0.2) is 10.3 Å². The minimum Gasteiger partial charge on any atom is -0.137 e. The van der Waals surface area contributed by atoms with Crippen molar-refractivity contribution in [2.45, 2.75) is 0 Å². The Hall–Kier alpha value is -0.780. The molecule has 0 bridgehead atoms. The fourth-order valence-corrected chi connectivity index (χ4v) is 0.748. The molecule has 1 heterocycles. The predicted octanol–water partition coefficient (Wildman–Crippen LogP) is 1.76. The van der Waals surface area contributed by atoms with Crippen molar-refractivity contribution in [3.63, 3.8) is 0 Å². The van der Waals surface area contributed by atoms with Gasteiger partial charge in [-0.3, -0.25) is 0 Å². The van der Waals surface area contributed by atoms with Gasteiger partial charge in [-0.1, -0.05) is 29.1 Å². The Morgan fingerprint density at radius 1 is 1.40 bits per heavy atom. The summed E-state index contributed by atoms with van der Waals surface area (Å²) in [6.45, 7) is 0. The number of terminal acetylenes is 1. The number of hydrogen-bond donors (Lipinski definition) is 0. The molecule has 0 unspecified atom stereocenters. The van der Waals surface area contributed by atoms with Gasteiger partial charge in [0.05, 0.1) is 5.56 Å². The Morgan fingerprint density at radius 2 is 2.10 bits per heavy atom. The van der Waals surface area contributed by atoms with Crippen LogP contribution in [-0.2, 0) is 0 Å². The van der Waals surface area contributed by atoms with Crippen LogP contribution in [0.3, 0.4) is 0 Å². The molecule has 4 heteroatoms. The second kappa shape index (κ2) is 2.87. The standard InChI is InChI=1S/C6H2Cl2N2/c1-2-4-3-5(7)9-10-6(4)8/h1,3H. The number of aromatic nitrogens is 2. The monoisotopic (exact) mass is 172 g/mol. The van der Waals surface area contributed by atoms with Gasteiger partial charge in [0, 0.05) is 0 Å². The highest BCUT2D eigenvalue weighted by atomic mass is 35.5. The van der Waals surface area contributed by atoms with Gasteiger partial charge in [-0.05, 0) is 6.07 Å². The van der Waals surface area contributed by atoms with Crippen molar-refractivity contribution in [3.05, 3.63) is 21.9 Å². The molecular formula is C6H2Cl2N2. The van der Waals surface area contributed by atoms with Gasteiger partial charge in [0.25, 0.3) is 0 Å². The molecule has 0 saturated carbocycles. The Kier molecular flexibility index (Phi) is 2.10. The third-order valence-corrected chi connectivity index (χ3v) is 1.34. The SMILES string of the molecule is C#Cc1cc(Cl)nnc1Cl. The molecule has 0 fully saturated rings. The summed E-state index contributed by atoms with van der Waals surface area (Å²) < 4.78 is 0. The molecule has 50 valence electrons. The molecule has 1 aromatic rings. The molecule has 10 heavy (non-hydrogen) atoms. The second-order valence-corrected chi connectivity index (χ2v) is 2.26. The van der Waals surface area contributed by atoms with Crippen molar-refractivity contribution in [1.29, 1.82) is 0 Å². The van der Waals surface area contributed by atoms with Crippen LogP contribution >= 0.6 is 23.2 Å². The molecule has 0 N–H and O–H groups in total. The zero-order chi connectivity index (χ0) is 7.56. The lowest BCUT2D eigenvalue weighted by Gasteiger charge is -1.91. The van der Waals surface area contributed by atoms with E-state index in [0.29, 0.717) is 5.56 Å². The van der Waals surface area contributed by atoms with Gasteiger partial charge in [0.1, 0.15) is 0 Å². The van der Waals surface area contributed by atoms with E-state index in [1.54, 1.807) is 0 Å². The molecule has 0 amide bonds. The Morgan fingerprint density at radius 3 is 2.60 bits per heavy atom. The summed E-state index contributed by atoms with van der Waals surface area (Å²) in [5.74, 6) is 2.32. The predicted molar refractivity (Wildman–Crippen MR) is 40.0 cm³/mol. The van der Waals surface area contributed by atoms with Crippen LogP contribution in [0.2, 0.25) is 10.3 Å². The van der Waals surface area contributed by atoms with E-state index in [0.717, 1.165) is 0 Å². The van der Waals surface area contributed by atoms with Crippen LogP contribution in [0.5, 0.6) is 0 Å². The van der Waals surface area contributed by atoms with Crippen LogP contribution < -0.4 is 0 Å². The maximum atomic E-state index is 5.52. The third kappa shape index (κ3) is 1.38. The summed E-state index contributed by atoms with van der Waals surface area (Å²) in [7, 11) is 0. The maximum Gasteiger partial charge on any atom is 0.167 e. The van der Waals surface area contributed by atoms with Crippen LogP contribution in [0.25, 0.3) is 0 Å². The van der Waals surface area contributed by atoms with Crippen molar-refractivity contribution < 1.29 is 0 Å². The van der Waals surface area contributed by atoms with Crippen LogP contribution in [-0.4, -0.2) is 10.2 Å². The van der Waals surface area contributed by atoms with E-state index in [2.05, 4.69) is 16.1 Å². The van der Waals surface area contributed by atoms with E-state index >= 15 is 0 Å². The summed E-state index contributed by atoms with van der Waals surface area (Å²) >= 11 is 11.0. The third-order valence-electron chi connectivity index (χ3n) is 0.875. The van der Waals surface area contributed by atoms with Crippen LogP contribution in [0.4, 0.5) is 0 Å². The fraction of sp³-hybridized carbons (Fsp3) is 0. The molecule has 0 aliphatic rings. The van der Waals surface area contributed by atoms with Crippen molar-refractivity contribution in [2.75, 3.05) is 0 Å². The van der Waals surface area contributed by atoms with Crippen molar-refractivity contribution >= 4 is 23.2 Å². The van der Waals surface area contributed by atoms with Crippen LogP contribution in [0.15, 0.2) is 6.07 Å². The van der Waals surface area contributed by atoms with Gasteiger partial charge >= 0.3 is 0 Å². The van der Waals surface area contributed by atoms with Crippen molar-refractivity contribution in [1.82, 2.24) is 10.2 Å². The van der Waals surface area contributed by atoms with Crippen LogP contribution in [0.1, 0.15) is 5.56 Å². The molecule has 0 saturated heterocycles. The first-order chi connectivity index (χ1) is 4.74. The molecule has 0 aromatic carbocycles. The lowest BCUT2D eigenvalue weighted by Crippen LogP contribution is -1.86. The molecule has 0 radical (unpaired) electrons. The normalized spacial score (nSPS) is 8.90. The number of hydrogen-bond acceptors (Lipinski definition) is 2. The number of halogens is 2. The fourth-order valence-electron chi connectivity index (χ4n) is 0.454. The topological polar surface area (TPSA) is 25.8 Å². The first-order valence-corrected chi connectivity index (χ1v) is 3.15. The zero-order valence-corrected chi connectivity index (χ0v) is 6.32. The number of nitrogens with zero attached hydrogens (tertiary/aromatic N) is 2. The van der Waals surface area contributed by atoms with E-state index in [1.807, 2.05) is 0 Å². The molecule has 1 rings (SSSR count). The molecule has 0 aliphatic heterocycles. The van der Waals surface area contributed by atoms with Gasteiger partial charge in [-0.25, -0.2) is 0 Å². The summed E-state index contributed by atoms with van der Waals surface area (Å²) in [5, 5.41) is 7.41. The van der Waals surface area contributed by atoms with E-state index in [-0.39, 0.29) is 10.3 Å². The maximum absolute atomic E-state index is 5.52. The van der Waals surface area contributed by atoms with Gasteiger partial charge < -0.3 is 0 Å². The highest BCUT2D eigenvalue weighted by Crippen LogP contribution is 2.13. The summed E-state index contributed by atoms with van der Waals surface area (Å²) in [6.07, 6.45) is 5.06. The summed E-state index contributed by atoms with van der Waals surface area (Å²) in [6, 6.07) is 1.48. The van der Waals surface area contributed by atoms with E-state index in [4.69, 9.17) is 29.6 Å². The Bertz CT molecular complexity index is 290. The average molecular weight is 173 g/mol. The minimum atomic E-state index is 0.201. The van der Waals surface area contributed by atoms with Crippen molar-refractivity contribution in [2.24, 2.45) is 0 Å². The van der Waals surface area contributed by atoms with Gasteiger partial charge in [-0.15, -0.1) is 16.6 Å². The number of rotatable bonds is 0. The highest BCUT2D eigenvalue weighted by molar-refractivity contribution is 6.32. The highest BCUT2D eigenvalue weighted by Gasteiger charge is 1.98. The zero-order valence-electron chi connectivity index (χ0n) is 4.81. The van der Waals surface area contributed by atoms with Gasteiger partial charge in [0.2, 0.25) is 0 Å². The minimum absolute atomic E-state index is 0.201. The Labute approximate surface area is 68.2 Å². The summed E-state index contributed by atoms with van der Waals surface area (Å²) in [4.78, 5) is 0. The van der Waals surface area contributed by atoms with E-state index in [1.165, 1.54) is 6.07 Å².